The van der Waals surface area contributed by atoms with Gasteiger partial charge in [0.15, 0.2) is 5.96 Å². The van der Waals surface area contributed by atoms with Gasteiger partial charge in [0, 0.05) is 24.5 Å². The first-order valence-corrected chi connectivity index (χ1v) is 8.01. The normalized spacial score (nSPS) is 11.2. The van der Waals surface area contributed by atoms with Crippen LogP contribution in [0.1, 0.15) is 19.5 Å². The average molecular weight is 430 g/mol. The van der Waals surface area contributed by atoms with Gasteiger partial charge in [-0.1, -0.05) is 44.2 Å². The Balaban J connectivity index is 0.00000242. The molecule has 6 heteroatoms. The van der Waals surface area contributed by atoms with Crippen LogP contribution in [0.25, 0.3) is 10.6 Å². The van der Waals surface area contributed by atoms with Crippen LogP contribution in [-0.2, 0) is 6.54 Å². The first kappa shape index (κ1) is 18.9. The van der Waals surface area contributed by atoms with Crippen LogP contribution >= 0.6 is 35.3 Å². The molecule has 0 aliphatic rings. The number of guanidine groups is 1. The smallest absolute Gasteiger partial charge is 0.191 e. The largest absolute Gasteiger partial charge is 0.356 e. The van der Waals surface area contributed by atoms with Gasteiger partial charge < -0.3 is 10.6 Å². The number of halogens is 1. The summed E-state index contributed by atoms with van der Waals surface area (Å²) in [6, 6.07) is 10.3. The molecule has 0 atom stereocenters. The number of aromatic nitrogens is 1. The summed E-state index contributed by atoms with van der Waals surface area (Å²) in [5.41, 5.74) is 2.20. The van der Waals surface area contributed by atoms with Gasteiger partial charge in [-0.15, -0.1) is 35.3 Å². The first-order valence-electron chi connectivity index (χ1n) is 7.13. The minimum atomic E-state index is 0. The molecule has 0 radical (unpaired) electrons. The van der Waals surface area contributed by atoms with Gasteiger partial charge in [0.05, 0.1) is 12.2 Å². The predicted octanol–water partition coefficient (Wildman–Crippen LogP) is 3.75. The van der Waals surface area contributed by atoms with E-state index in [4.69, 9.17) is 0 Å². The summed E-state index contributed by atoms with van der Waals surface area (Å²) in [7, 11) is 1.78. The van der Waals surface area contributed by atoms with Gasteiger partial charge in [0.1, 0.15) is 5.01 Å². The minimum absolute atomic E-state index is 0. The zero-order valence-electron chi connectivity index (χ0n) is 13.2. The van der Waals surface area contributed by atoms with E-state index >= 15 is 0 Å². The number of thiazole rings is 1. The molecule has 2 rings (SSSR count). The lowest BCUT2D eigenvalue weighted by Gasteiger charge is -2.12. The molecular weight excluding hydrogens is 407 g/mol. The molecule has 1 aromatic heterocycles. The maximum absolute atomic E-state index is 4.66. The summed E-state index contributed by atoms with van der Waals surface area (Å²) in [5, 5.41) is 9.72. The van der Waals surface area contributed by atoms with E-state index in [1.165, 1.54) is 0 Å². The van der Waals surface area contributed by atoms with Crippen LogP contribution < -0.4 is 10.6 Å². The van der Waals surface area contributed by atoms with Crippen molar-refractivity contribution in [1.82, 2.24) is 15.6 Å². The molecule has 0 saturated heterocycles. The second kappa shape index (κ2) is 9.78. The molecule has 0 amide bonds. The van der Waals surface area contributed by atoms with E-state index in [0.29, 0.717) is 12.5 Å². The molecule has 0 aliphatic carbocycles. The van der Waals surface area contributed by atoms with Gasteiger partial charge in [-0.3, -0.25) is 4.99 Å². The van der Waals surface area contributed by atoms with Crippen molar-refractivity contribution < 1.29 is 0 Å². The van der Waals surface area contributed by atoms with E-state index in [-0.39, 0.29) is 24.0 Å². The van der Waals surface area contributed by atoms with Gasteiger partial charge in [-0.2, -0.15) is 0 Å². The van der Waals surface area contributed by atoms with Crippen LogP contribution in [0.5, 0.6) is 0 Å². The molecular formula is C16H23IN4S. The van der Waals surface area contributed by atoms with Crippen LogP contribution in [0.4, 0.5) is 0 Å². The summed E-state index contributed by atoms with van der Waals surface area (Å²) in [6.45, 7) is 5.94. The summed E-state index contributed by atoms with van der Waals surface area (Å²) < 4.78 is 0. The number of aliphatic imine (C=N–C) groups is 1. The molecule has 1 aromatic carbocycles. The zero-order valence-corrected chi connectivity index (χ0v) is 16.3. The van der Waals surface area contributed by atoms with E-state index in [1.807, 2.05) is 18.2 Å². The Morgan fingerprint density at radius 1 is 1.23 bits per heavy atom. The molecule has 0 bridgehead atoms. The highest BCUT2D eigenvalue weighted by atomic mass is 127. The maximum atomic E-state index is 4.66. The third-order valence-electron chi connectivity index (χ3n) is 2.91. The van der Waals surface area contributed by atoms with Crippen LogP contribution in [-0.4, -0.2) is 24.5 Å². The Morgan fingerprint density at radius 3 is 2.59 bits per heavy atom. The number of hydrogen-bond acceptors (Lipinski definition) is 3. The van der Waals surface area contributed by atoms with Gasteiger partial charge in [-0.05, 0) is 5.92 Å². The molecule has 0 fully saturated rings. The molecule has 22 heavy (non-hydrogen) atoms. The van der Waals surface area contributed by atoms with Crippen molar-refractivity contribution in [3.63, 3.8) is 0 Å². The Bertz CT molecular complexity index is 581. The summed E-state index contributed by atoms with van der Waals surface area (Å²) in [5.74, 6) is 1.41. The van der Waals surface area contributed by atoms with Crippen molar-refractivity contribution in [2.75, 3.05) is 13.6 Å². The Kier molecular flexibility index (Phi) is 8.40. The fraction of sp³-hybridized carbons (Fsp3) is 0.375. The van der Waals surface area contributed by atoms with Gasteiger partial charge in [0.25, 0.3) is 0 Å². The van der Waals surface area contributed by atoms with E-state index in [9.17, 15) is 0 Å². The summed E-state index contributed by atoms with van der Waals surface area (Å²) in [4.78, 5) is 8.87. The quantitative estimate of drug-likeness (QED) is 0.432. The van der Waals surface area contributed by atoms with Gasteiger partial charge in [-0.25, -0.2) is 4.98 Å². The van der Waals surface area contributed by atoms with Crippen LogP contribution in [0, 0.1) is 5.92 Å². The van der Waals surface area contributed by atoms with E-state index < -0.39 is 0 Å². The molecule has 2 aromatic rings. The van der Waals surface area contributed by atoms with E-state index in [0.717, 1.165) is 28.8 Å². The highest BCUT2D eigenvalue weighted by Gasteiger charge is 2.05. The summed E-state index contributed by atoms with van der Waals surface area (Å²) >= 11 is 1.67. The fourth-order valence-corrected chi connectivity index (χ4v) is 2.62. The molecule has 0 saturated carbocycles. The number of hydrogen-bond donors (Lipinski definition) is 2. The SMILES string of the molecule is CN=C(NCc1csc(-c2ccccc2)n1)NCC(C)C.I. The lowest BCUT2D eigenvalue weighted by atomic mass is 10.2. The number of benzene rings is 1. The first-order chi connectivity index (χ1) is 10.2. The average Bonchev–Trinajstić information content (AvgIpc) is 2.97. The molecule has 1 heterocycles. The van der Waals surface area contributed by atoms with Crippen LogP contribution in [0.2, 0.25) is 0 Å². The van der Waals surface area contributed by atoms with Crippen molar-refractivity contribution in [2.45, 2.75) is 20.4 Å². The maximum Gasteiger partial charge on any atom is 0.191 e. The van der Waals surface area contributed by atoms with Crippen molar-refractivity contribution in [1.29, 1.82) is 0 Å². The molecule has 0 aliphatic heterocycles. The van der Waals surface area contributed by atoms with Gasteiger partial charge in [0.2, 0.25) is 0 Å². The minimum Gasteiger partial charge on any atom is -0.356 e. The van der Waals surface area contributed by atoms with Gasteiger partial charge >= 0.3 is 0 Å². The molecule has 4 nitrogen and oxygen atoms in total. The third kappa shape index (κ3) is 5.92. The molecule has 2 N–H and O–H groups in total. The highest BCUT2D eigenvalue weighted by Crippen LogP contribution is 2.22. The number of nitrogens with one attached hydrogen (secondary N) is 2. The summed E-state index contributed by atoms with van der Waals surface area (Å²) in [6.07, 6.45) is 0. The topological polar surface area (TPSA) is 49.3 Å². The molecule has 120 valence electrons. The number of nitrogens with zero attached hydrogens (tertiary/aromatic N) is 2. The predicted molar refractivity (Wildman–Crippen MR) is 106 cm³/mol. The van der Waals surface area contributed by atoms with Crippen molar-refractivity contribution in [3.8, 4) is 10.6 Å². The second-order valence-corrected chi connectivity index (χ2v) is 6.07. The standard InChI is InChI=1S/C16H22N4S.HI/c1-12(2)9-18-16(17-3)19-10-14-11-21-15(20-14)13-7-5-4-6-8-13;/h4-8,11-12H,9-10H2,1-3H3,(H2,17,18,19);1H. The van der Waals surface area contributed by atoms with Crippen molar-refractivity contribution in [2.24, 2.45) is 10.9 Å². The lowest BCUT2D eigenvalue weighted by Crippen LogP contribution is -2.38. The van der Waals surface area contributed by atoms with E-state index in [2.05, 4.69) is 52.0 Å². The third-order valence-corrected chi connectivity index (χ3v) is 3.85. The molecule has 0 spiro atoms. The Morgan fingerprint density at radius 2 is 1.95 bits per heavy atom. The van der Waals surface area contributed by atoms with Crippen LogP contribution in [0.3, 0.4) is 0 Å². The monoisotopic (exact) mass is 430 g/mol. The Labute approximate surface area is 153 Å². The zero-order chi connectivity index (χ0) is 15.1. The number of rotatable bonds is 5. The molecule has 0 unspecified atom stereocenters. The second-order valence-electron chi connectivity index (χ2n) is 5.21. The van der Waals surface area contributed by atoms with Crippen LogP contribution in [0.15, 0.2) is 40.7 Å². The fourth-order valence-electron chi connectivity index (χ4n) is 1.80. The van der Waals surface area contributed by atoms with E-state index in [1.54, 1.807) is 18.4 Å². The highest BCUT2D eigenvalue weighted by molar-refractivity contribution is 14.0. The van der Waals surface area contributed by atoms with Crippen molar-refractivity contribution in [3.05, 3.63) is 41.4 Å². The lowest BCUT2D eigenvalue weighted by molar-refractivity contribution is 0.614. The Hall–Kier alpha value is -1.15. The van der Waals surface area contributed by atoms with Crippen molar-refractivity contribution >= 4 is 41.3 Å².